The zero-order chi connectivity index (χ0) is 18.2. The van der Waals surface area contributed by atoms with Gasteiger partial charge in [-0.2, -0.15) is 13.2 Å². The van der Waals surface area contributed by atoms with Crippen molar-refractivity contribution in [3.05, 3.63) is 65.5 Å². The molecule has 0 aromatic heterocycles. The lowest BCUT2D eigenvalue weighted by Crippen LogP contribution is -2.46. The number of alkyl halides is 3. The van der Waals surface area contributed by atoms with E-state index in [0.29, 0.717) is 4.90 Å². The molecule has 0 spiro atoms. The third kappa shape index (κ3) is 3.39. The number of nitrogens with zero attached hydrogens (tertiary/aromatic N) is 2. The van der Waals surface area contributed by atoms with Crippen molar-refractivity contribution in [1.82, 2.24) is 0 Å². The van der Waals surface area contributed by atoms with Crippen LogP contribution in [0, 0.1) is 5.82 Å². The van der Waals surface area contributed by atoms with Gasteiger partial charge in [0.2, 0.25) is 0 Å². The molecule has 0 saturated carbocycles. The van der Waals surface area contributed by atoms with Crippen LogP contribution in [-0.2, 0) is 4.79 Å². The summed E-state index contributed by atoms with van der Waals surface area (Å²) in [5.74, 6) is -1.61. The molecule has 0 radical (unpaired) electrons. The summed E-state index contributed by atoms with van der Waals surface area (Å²) in [5, 5.41) is 0. The monoisotopic (exact) mass is 351 g/mol. The number of nitrogens with two attached hydrogens (primary N) is 1. The number of carbonyl (C=O) groups is 1. The summed E-state index contributed by atoms with van der Waals surface area (Å²) >= 11 is 0. The quantitative estimate of drug-likeness (QED) is 0.846. The Labute approximate surface area is 140 Å². The van der Waals surface area contributed by atoms with Crippen LogP contribution in [0.5, 0.6) is 0 Å². The molecule has 0 aliphatic carbocycles. The summed E-state index contributed by atoms with van der Waals surface area (Å²) in [7, 11) is 0. The van der Waals surface area contributed by atoms with Crippen molar-refractivity contribution < 1.29 is 22.4 Å². The van der Waals surface area contributed by atoms with Gasteiger partial charge >= 0.3 is 6.18 Å². The minimum atomic E-state index is -4.62. The summed E-state index contributed by atoms with van der Waals surface area (Å²) < 4.78 is 53.0. The van der Waals surface area contributed by atoms with Crippen molar-refractivity contribution in [2.45, 2.75) is 12.3 Å². The fourth-order valence-corrected chi connectivity index (χ4v) is 2.66. The number of carbonyl (C=O) groups excluding carboxylic acids is 1. The highest BCUT2D eigenvalue weighted by molar-refractivity contribution is 6.20. The number of anilines is 1. The van der Waals surface area contributed by atoms with Gasteiger partial charge in [0.1, 0.15) is 12.4 Å². The molecule has 8 heteroatoms. The predicted molar refractivity (Wildman–Crippen MR) is 84.9 cm³/mol. The molecule has 0 saturated heterocycles. The Morgan fingerprint density at radius 2 is 1.64 bits per heavy atom. The Morgan fingerprint density at radius 1 is 1.04 bits per heavy atom. The van der Waals surface area contributed by atoms with Gasteiger partial charge < -0.3 is 5.73 Å². The number of rotatable bonds is 2. The minimum Gasteiger partial charge on any atom is -0.302 e. The van der Waals surface area contributed by atoms with Gasteiger partial charge in [0.05, 0.1) is 11.4 Å². The van der Waals surface area contributed by atoms with Crippen molar-refractivity contribution in [3.63, 3.8) is 0 Å². The molecule has 2 N–H and O–H groups in total. The van der Waals surface area contributed by atoms with Crippen LogP contribution in [0.2, 0.25) is 0 Å². The van der Waals surface area contributed by atoms with E-state index in [1.54, 1.807) is 12.1 Å². The lowest BCUT2D eigenvalue weighted by molar-refractivity contribution is -0.133. The molecule has 0 unspecified atom stereocenters. The minimum absolute atomic E-state index is 0.0141. The Hall–Kier alpha value is -2.74. The number of benzene rings is 2. The van der Waals surface area contributed by atoms with Crippen LogP contribution >= 0.6 is 0 Å². The van der Waals surface area contributed by atoms with Crippen molar-refractivity contribution in [2.75, 3.05) is 11.4 Å². The first kappa shape index (κ1) is 17.1. The van der Waals surface area contributed by atoms with Gasteiger partial charge in [-0.25, -0.2) is 4.39 Å². The van der Waals surface area contributed by atoms with Gasteiger partial charge in [-0.1, -0.05) is 30.3 Å². The Balaban J connectivity index is 2.21. The molecule has 2 aromatic carbocycles. The van der Waals surface area contributed by atoms with Crippen LogP contribution in [0.25, 0.3) is 0 Å². The van der Waals surface area contributed by atoms with Gasteiger partial charge in [0, 0.05) is 11.1 Å². The standard InChI is InChI=1S/C17H13F4N3O/c18-12-7-3-1-5-10(12)14-11-6-2-4-8-13(11)24(9-17(19,20)21)16(25)15(22)23-14/h1-8,15H,9,22H2/t15-/m0/s1. The lowest BCUT2D eigenvalue weighted by atomic mass is 9.99. The molecule has 0 fully saturated rings. The zero-order valence-electron chi connectivity index (χ0n) is 12.8. The summed E-state index contributed by atoms with van der Waals surface area (Å²) in [6.07, 6.45) is -6.19. The highest BCUT2D eigenvalue weighted by Gasteiger charge is 2.38. The molecular weight excluding hydrogens is 338 g/mol. The van der Waals surface area contributed by atoms with E-state index >= 15 is 0 Å². The van der Waals surface area contributed by atoms with Gasteiger partial charge in [-0.15, -0.1) is 0 Å². The molecule has 1 aliphatic rings. The number of aliphatic imine (C=N–C) groups is 1. The first-order valence-corrected chi connectivity index (χ1v) is 7.34. The number of para-hydroxylation sites is 1. The Kier molecular flexibility index (Phi) is 4.30. The average molecular weight is 351 g/mol. The normalized spacial score (nSPS) is 17.8. The average Bonchev–Trinajstić information content (AvgIpc) is 2.65. The van der Waals surface area contributed by atoms with Crippen LogP contribution < -0.4 is 10.6 Å². The van der Waals surface area contributed by atoms with Gasteiger partial charge in [0.15, 0.2) is 6.17 Å². The summed E-state index contributed by atoms with van der Waals surface area (Å²) in [6.45, 7) is -1.50. The maximum atomic E-state index is 14.2. The number of benzodiazepines with no additional fused rings is 1. The first-order valence-electron chi connectivity index (χ1n) is 7.34. The second kappa shape index (κ2) is 6.29. The van der Waals surface area contributed by atoms with Gasteiger partial charge in [-0.3, -0.25) is 14.7 Å². The SMILES string of the molecule is N[C@H]1N=C(c2ccccc2F)c2ccccc2N(CC(F)(F)F)C1=O. The molecule has 25 heavy (non-hydrogen) atoms. The molecule has 4 nitrogen and oxygen atoms in total. The molecular formula is C17H13F4N3O. The van der Waals surface area contributed by atoms with E-state index in [2.05, 4.69) is 4.99 Å². The molecule has 3 rings (SSSR count). The Bertz CT molecular complexity index is 848. The molecule has 1 amide bonds. The predicted octanol–water partition coefficient (Wildman–Crippen LogP) is 2.86. The fraction of sp³-hybridized carbons (Fsp3) is 0.176. The van der Waals surface area contributed by atoms with Gasteiger partial charge in [0.25, 0.3) is 5.91 Å². The Morgan fingerprint density at radius 3 is 2.28 bits per heavy atom. The number of hydrogen-bond donors (Lipinski definition) is 1. The van der Waals surface area contributed by atoms with E-state index in [4.69, 9.17) is 5.73 Å². The maximum Gasteiger partial charge on any atom is 0.406 e. The van der Waals surface area contributed by atoms with Crippen LogP contribution in [-0.4, -0.2) is 30.5 Å². The van der Waals surface area contributed by atoms with Gasteiger partial charge in [-0.05, 0) is 18.2 Å². The lowest BCUT2D eigenvalue weighted by Gasteiger charge is -2.25. The van der Waals surface area contributed by atoms with E-state index in [1.807, 2.05) is 0 Å². The van der Waals surface area contributed by atoms with E-state index < -0.39 is 30.6 Å². The largest absolute Gasteiger partial charge is 0.406 e. The second-order valence-electron chi connectivity index (χ2n) is 5.46. The fourth-order valence-electron chi connectivity index (χ4n) is 2.66. The molecule has 130 valence electrons. The van der Waals surface area contributed by atoms with E-state index in [0.717, 1.165) is 0 Å². The van der Waals surface area contributed by atoms with E-state index in [-0.39, 0.29) is 22.5 Å². The molecule has 2 aromatic rings. The molecule has 1 atom stereocenters. The summed E-state index contributed by atoms with van der Waals surface area (Å²) in [5.41, 5.74) is 5.97. The number of hydrogen-bond acceptors (Lipinski definition) is 3. The number of amides is 1. The maximum absolute atomic E-state index is 14.2. The number of fused-ring (bicyclic) bond motifs is 1. The topological polar surface area (TPSA) is 58.7 Å². The number of halogens is 4. The first-order chi connectivity index (χ1) is 11.8. The molecule has 0 bridgehead atoms. The zero-order valence-corrected chi connectivity index (χ0v) is 12.8. The summed E-state index contributed by atoms with van der Waals surface area (Å²) in [6, 6.07) is 11.6. The molecule has 1 aliphatic heterocycles. The second-order valence-corrected chi connectivity index (χ2v) is 5.46. The smallest absolute Gasteiger partial charge is 0.302 e. The van der Waals surface area contributed by atoms with Crippen LogP contribution in [0.15, 0.2) is 53.5 Å². The van der Waals surface area contributed by atoms with E-state index in [9.17, 15) is 22.4 Å². The van der Waals surface area contributed by atoms with Crippen molar-refractivity contribution in [2.24, 2.45) is 10.7 Å². The highest BCUT2D eigenvalue weighted by Crippen LogP contribution is 2.31. The summed E-state index contributed by atoms with van der Waals surface area (Å²) in [4.78, 5) is 16.9. The highest BCUT2D eigenvalue weighted by atomic mass is 19.4. The van der Waals surface area contributed by atoms with Crippen molar-refractivity contribution in [1.29, 1.82) is 0 Å². The van der Waals surface area contributed by atoms with Crippen LogP contribution in [0.1, 0.15) is 11.1 Å². The van der Waals surface area contributed by atoms with E-state index in [1.165, 1.54) is 36.4 Å². The third-order valence-corrected chi connectivity index (χ3v) is 3.70. The van der Waals surface area contributed by atoms with Crippen molar-refractivity contribution in [3.8, 4) is 0 Å². The van der Waals surface area contributed by atoms with Crippen LogP contribution in [0.4, 0.5) is 23.2 Å². The third-order valence-electron chi connectivity index (χ3n) is 3.70. The van der Waals surface area contributed by atoms with Crippen LogP contribution in [0.3, 0.4) is 0 Å². The molecule has 1 heterocycles. The van der Waals surface area contributed by atoms with Crippen molar-refractivity contribution >= 4 is 17.3 Å².